The molecule has 0 aliphatic carbocycles. The Labute approximate surface area is 164 Å². The summed E-state index contributed by atoms with van der Waals surface area (Å²) in [6.45, 7) is 0.315. The van der Waals surface area contributed by atoms with Crippen molar-refractivity contribution in [3.63, 3.8) is 0 Å². The van der Waals surface area contributed by atoms with Gasteiger partial charge in [0.1, 0.15) is 10.6 Å². The van der Waals surface area contributed by atoms with E-state index in [1.165, 1.54) is 29.6 Å². The van der Waals surface area contributed by atoms with Crippen molar-refractivity contribution < 1.29 is 21.6 Å². The minimum atomic E-state index is -4.03. The third-order valence-corrected chi connectivity index (χ3v) is 7.66. The lowest BCUT2D eigenvalue weighted by atomic mass is 10.2. The first kappa shape index (κ1) is 19.8. The van der Waals surface area contributed by atoms with E-state index in [4.69, 9.17) is 16.3 Å². The van der Waals surface area contributed by atoms with Gasteiger partial charge >= 0.3 is 0 Å². The van der Waals surface area contributed by atoms with E-state index < -0.39 is 20.0 Å². The van der Waals surface area contributed by atoms with Crippen molar-refractivity contribution in [3.8, 4) is 5.75 Å². The topological polar surface area (TPSA) is 92.8 Å². The fraction of sp³-hybridized carbons (Fsp3) is 0.294. The van der Waals surface area contributed by atoms with Gasteiger partial charge in [0.05, 0.1) is 24.2 Å². The number of hydrogen-bond donors (Lipinski definition) is 1. The van der Waals surface area contributed by atoms with Gasteiger partial charge in [0.25, 0.3) is 10.0 Å². The molecule has 0 radical (unpaired) electrons. The Morgan fingerprint density at radius 1 is 1.15 bits per heavy atom. The summed E-state index contributed by atoms with van der Waals surface area (Å²) in [5.41, 5.74) is 0.586. The molecule has 10 heteroatoms. The lowest BCUT2D eigenvalue weighted by Crippen LogP contribution is -2.37. The molecule has 7 nitrogen and oxygen atoms in total. The van der Waals surface area contributed by atoms with E-state index in [9.17, 15) is 16.8 Å². The summed E-state index contributed by atoms with van der Waals surface area (Å²) in [7, 11) is -6.14. The van der Waals surface area contributed by atoms with Gasteiger partial charge in [0.2, 0.25) is 10.0 Å². The molecule has 0 unspecified atom stereocenters. The SMILES string of the molecule is COc1ccc(N2CCCCS2(=O)=O)cc1S(=O)(=O)Nc1cccc(Cl)c1. The van der Waals surface area contributed by atoms with Crippen LogP contribution < -0.4 is 13.8 Å². The van der Waals surface area contributed by atoms with Crippen LogP contribution in [0.1, 0.15) is 12.8 Å². The van der Waals surface area contributed by atoms with Gasteiger partial charge < -0.3 is 4.74 Å². The first-order valence-electron chi connectivity index (χ1n) is 8.20. The Hall–Kier alpha value is -1.97. The molecular formula is C17H19ClN2O5S2. The first-order valence-corrected chi connectivity index (χ1v) is 11.7. The molecule has 1 aliphatic rings. The van der Waals surface area contributed by atoms with E-state index in [1.54, 1.807) is 24.3 Å². The fourth-order valence-electron chi connectivity index (χ4n) is 2.87. The molecule has 146 valence electrons. The third-order valence-electron chi connectivity index (χ3n) is 4.15. The van der Waals surface area contributed by atoms with Gasteiger partial charge in [-0.3, -0.25) is 9.03 Å². The molecule has 3 rings (SSSR count). The van der Waals surface area contributed by atoms with Crippen molar-refractivity contribution in [2.24, 2.45) is 0 Å². The molecule has 0 aromatic heterocycles. The molecule has 27 heavy (non-hydrogen) atoms. The predicted octanol–water partition coefficient (Wildman–Crippen LogP) is 3.08. The molecule has 0 spiro atoms. The zero-order valence-electron chi connectivity index (χ0n) is 14.6. The standard InChI is InChI=1S/C17H19ClN2O5S2/c1-25-16-8-7-15(20-9-2-3-10-26(20,21)22)12-17(16)27(23,24)19-14-6-4-5-13(18)11-14/h4-8,11-12,19H,2-3,9-10H2,1H3. The van der Waals surface area contributed by atoms with Crippen molar-refractivity contribution in [3.05, 3.63) is 47.5 Å². The zero-order chi connectivity index (χ0) is 19.7. The van der Waals surface area contributed by atoms with E-state index in [-0.39, 0.29) is 16.4 Å². The molecule has 2 aromatic carbocycles. The first-order chi connectivity index (χ1) is 12.7. The van der Waals surface area contributed by atoms with Crippen LogP contribution in [0.3, 0.4) is 0 Å². The number of ether oxygens (including phenoxy) is 1. The van der Waals surface area contributed by atoms with Crippen molar-refractivity contribution >= 4 is 43.0 Å². The second kappa shape index (κ2) is 7.57. The van der Waals surface area contributed by atoms with E-state index >= 15 is 0 Å². The number of rotatable bonds is 5. The van der Waals surface area contributed by atoms with Crippen LogP contribution in [0.15, 0.2) is 47.4 Å². The van der Waals surface area contributed by atoms with Crippen LogP contribution in [0.4, 0.5) is 11.4 Å². The van der Waals surface area contributed by atoms with Crippen LogP contribution in [-0.2, 0) is 20.0 Å². The van der Waals surface area contributed by atoms with Gasteiger partial charge in [0, 0.05) is 11.6 Å². The lowest BCUT2D eigenvalue weighted by molar-refractivity contribution is 0.403. The molecule has 0 saturated carbocycles. The Balaban J connectivity index is 2.03. The van der Waals surface area contributed by atoms with Crippen LogP contribution in [-0.4, -0.2) is 36.2 Å². The van der Waals surface area contributed by atoms with Gasteiger partial charge in [-0.2, -0.15) is 0 Å². The Morgan fingerprint density at radius 2 is 1.93 bits per heavy atom. The lowest BCUT2D eigenvalue weighted by Gasteiger charge is -2.28. The van der Waals surface area contributed by atoms with Crippen LogP contribution in [0.5, 0.6) is 5.75 Å². The van der Waals surface area contributed by atoms with Crippen molar-refractivity contribution in [1.82, 2.24) is 0 Å². The molecule has 2 aromatic rings. The van der Waals surface area contributed by atoms with Gasteiger partial charge in [-0.1, -0.05) is 17.7 Å². The Morgan fingerprint density at radius 3 is 2.59 bits per heavy atom. The molecule has 0 atom stereocenters. The second-order valence-electron chi connectivity index (χ2n) is 6.05. The highest BCUT2D eigenvalue weighted by molar-refractivity contribution is 7.93. The van der Waals surface area contributed by atoms with Gasteiger partial charge in [-0.25, -0.2) is 16.8 Å². The summed E-state index contributed by atoms with van der Waals surface area (Å²) in [5.74, 6) is 0.157. The monoisotopic (exact) mass is 430 g/mol. The molecule has 1 fully saturated rings. The van der Waals surface area contributed by atoms with Crippen LogP contribution in [0.2, 0.25) is 5.02 Å². The molecule has 1 N–H and O–H groups in total. The summed E-state index contributed by atoms with van der Waals surface area (Å²) in [4.78, 5) is -0.150. The second-order valence-corrected chi connectivity index (χ2v) is 10.1. The number of halogens is 1. The number of benzene rings is 2. The molecule has 1 aliphatic heterocycles. The molecule has 0 amide bonds. The maximum Gasteiger partial charge on any atom is 0.265 e. The highest BCUT2D eigenvalue weighted by Crippen LogP contribution is 2.33. The molecular weight excluding hydrogens is 412 g/mol. The van der Waals surface area contributed by atoms with E-state index in [1.807, 2.05) is 0 Å². The van der Waals surface area contributed by atoms with E-state index in [2.05, 4.69) is 4.72 Å². The molecule has 0 bridgehead atoms. The number of anilines is 2. The quantitative estimate of drug-likeness (QED) is 0.786. The number of hydrogen-bond acceptors (Lipinski definition) is 5. The van der Waals surface area contributed by atoms with Gasteiger partial charge in [-0.15, -0.1) is 0 Å². The minimum Gasteiger partial charge on any atom is -0.495 e. The van der Waals surface area contributed by atoms with Gasteiger partial charge in [-0.05, 0) is 49.2 Å². The van der Waals surface area contributed by atoms with Gasteiger partial charge in [0.15, 0.2) is 0 Å². The summed E-state index contributed by atoms with van der Waals surface area (Å²) >= 11 is 5.90. The zero-order valence-corrected chi connectivity index (χ0v) is 16.9. The fourth-order valence-corrected chi connectivity index (χ4v) is 5.93. The molecule has 1 heterocycles. The largest absolute Gasteiger partial charge is 0.495 e. The molecule has 1 saturated heterocycles. The average Bonchev–Trinajstić information content (AvgIpc) is 2.60. The highest BCUT2D eigenvalue weighted by atomic mass is 35.5. The third kappa shape index (κ3) is 4.31. The highest BCUT2D eigenvalue weighted by Gasteiger charge is 2.28. The maximum atomic E-state index is 12.9. The summed E-state index contributed by atoms with van der Waals surface area (Å²) in [6.07, 6.45) is 1.31. The number of methoxy groups -OCH3 is 1. The summed E-state index contributed by atoms with van der Waals surface area (Å²) in [6, 6.07) is 10.6. The van der Waals surface area contributed by atoms with Crippen LogP contribution in [0.25, 0.3) is 0 Å². The summed E-state index contributed by atoms with van der Waals surface area (Å²) < 4.78 is 59.3. The van der Waals surface area contributed by atoms with Crippen molar-refractivity contribution in [2.45, 2.75) is 17.7 Å². The maximum absolute atomic E-state index is 12.9. The predicted molar refractivity (Wildman–Crippen MR) is 106 cm³/mol. The van der Waals surface area contributed by atoms with Crippen molar-refractivity contribution in [2.75, 3.05) is 28.4 Å². The average molecular weight is 431 g/mol. The van der Waals surface area contributed by atoms with Crippen molar-refractivity contribution in [1.29, 1.82) is 0 Å². The number of nitrogens with one attached hydrogen (secondary N) is 1. The Bertz CT molecular complexity index is 1050. The summed E-state index contributed by atoms with van der Waals surface area (Å²) in [5, 5.41) is 0.385. The smallest absolute Gasteiger partial charge is 0.265 e. The Kier molecular flexibility index (Phi) is 5.55. The normalized spacial score (nSPS) is 16.7. The number of sulfonamides is 2. The minimum absolute atomic E-state index is 0.0435. The van der Waals surface area contributed by atoms with Crippen LogP contribution >= 0.6 is 11.6 Å². The van der Waals surface area contributed by atoms with E-state index in [0.29, 0.717) is 35.8 Å². The number of nitrogens with zero attached hydrogens (tertiary/aromatic N) is 1. The van der Waals surface area contributed by atoms with Crippen LogP contribution in [0, 0.1) is 0 Å². The van der Waals surface area contributed by atoms with E-state index in [0.717, 1.165) is 0 Å².